The third-order valence-electron chi connectivity index (χ3n) is 2.83. The van der Waals surface area contributed by atoms with E-state index in [4.69, 9.17) is 9.15 Å². The second-order valence-electron chi connectivity index (χ2n) is 4.51. The standard InChI is InChI=1S/C14H13N3O6S/c1-3-22-13(19)11(8(2)18)24-14-16-15-12(23-14)9-6-4-5-7-10(9)17(20)21/h4-7,11H,3H2,1-2H3. The number of thioether (sulfide) groups is 1. The Hall–Kier alpha value is -2.75. The number of carbonyl (C=O) groups excluding carboxylic acids is 2. The number of benzene rings is 1. The smallest absolute Gasteiger partial charge is 0.327 e. The second kappa shape index (κ2) is 7.68. The van der Waals surface area contributed by atoms with Crippen LogP contribution in [-0.2, 0) is 14.3 Å². The zero-order valence-electron chi connectivity index (χ0n) is 12.8. The number of nitro benzene ring substituents is 1. The van der Waals surface area contributed by atoms with Crippen molar-refractivity contribution in [2.45, 2.75) is 24.3 Å². The molecular weight excluding hydrogens is 338 g/mol. The lowest BCUT2D eigenvalue weighted by Crippen LogP contribution is -2.27. The van der Waals surface area contributed by atoms with Crippen LogP contribution in [0.2, 0.25) is 0 Å². The highest BCUT2D eigenvalue weighted by atomic mass is 32.2. The van der Waals surface area contributed by atoms with Gasteiger partial charge in [-0.25, -0.2) is 0 Å². The Balaban J connectivity index is 2.26. The number of aromatic nitrogens is 2. The van der Waals surface area contributed by atoms with E-state index in [1.54, 1.807) is 13.0 Å². The van der Waals surface area contributed by atoms with Crippen LogP contribution in [0.4, 0.5) is 5.69 Å². The lowest BCUT2D eigenvalue weighted by atomic mass is 10.2. The Morgan fingerprint density at radius 2 is 2.08 bits per heavy atom. The maximum atomic E-state index is 11.8. The number of nitro groups is 1. The van der Waals surface area contributed by atoms with Crippen LogP contribution in [0, 0.1) is 10.1 Å². The third-order valence-corrected chi connectivity index (χ3v) is 3.95. The van der Waals surface area contributed by atoms with Crippen molar-refractivity contribution in [3.05, 3.63) is 34.4 Å². The SMILES string of the molecule is CCOC(=O)C(Sc1nnc(-c2ccccc2[N+](=O)[O-])o1)C(C)=O. The fourth-order valence-electron chi connectivity index (χ4n) is 1.80. The van der Waals surface area contributed by atoms with Gasteiger partial charge in [-0.05, 0) is 31.7 Å². The molecule has 1 atom stereocenters. The number of Topliss-reactive ketones (excluding diaryl/α,β-unsaturated/α-hetero) is 1. The molecule has 0 saturated carbocycles. The van der Waals surface area contributed by atoms with Gasteiger partial charge in [0.2, 0.25) is 0 Å². The van der Waals surface area contributed by atoms with E-state index in [1.807, 2.05) is 0 Å². The van der Waals surface area contributed by atoms with Crippen LogP contribution < -0.4 is 0 Å². The highest BCUT2D eigenvalue weighted by Crippen LogP contribution is 2.31. The van der Waals surface area contributed by atoms with Crippen LogP contribution in [0.25, 0.3) is 11.5 Å². The summed E-state index contributed by atoms with van der Waals surface area (Å²) in [5.74, 6) is -1.21. The highest BCUT2D eigenvalue weighted by Gasteiger charge is 2.29. The summed E-state index contributed by atoms with van der Waals surface area (Å²) in [7, 11) is 0. The van der Waals surface area contributed by atoms with Gasteiger partial charge in [-0.2, -0.15) is 0 Å². The van der Waals surface area contributed by atoms with E-state index in [-0.39, 0.29) is 29.0 Å². The van der Waals surface area contributed by atoms with Crippen molar-refractivity contribution in [2.75, 3.05) is 6.61 Å². The largest absolute Gasteiger partial charge is 0.465 e. The summed E-state index contributed by atoms with van der Waals surface area (Å²) in [5.41, 5.74) is -0.0384. The molecule has 2 rings (SSSR count). The minimum Gasteiger partial charge on any atom is -0.465 e. The molecule has 0 radical (unpaired) electrons. The topological polar surface area (TPSA) is 125 Å². The van der Waals surface area contributed by atoms with Crippen molar-refractivity contribution < 1.29 is 23.7 Å². The van der Waals surface area contributed by atoms with Crippen molar-refractivity contribution in [1.29, 1.82) is 0 Å². The van der Waals surface area contributed by atoms with Gasteiger partial charge in [-0.3, -0.25) is 19.7 Å². The summed E-state index contributed by atoms with van der Waals surface area (Å²) in [5, 5.41) is 17.3. The van der Waals surface area contributed by atoms with E-state index < -0.39 is 21.9 Å². The molecule has 2 aromatic rings. The Kier molecular flexibility index (Phi) is 5.64. The summed E-state index contributed by atoms with van der Waals surface area (Å²) in [4.78, 5) is 33.8. The molecule has 0 aliphatic rings. The Morgan fingerprint density at radius 1 is 1.38 bits per heavy atom. The van der Waals surface area contributed by atoms with Crippen molar-refractivity contribution in [3.8, 4) is 11.5 Å². The van der Waals surface area contributed by atoms with E-state index in [2.05, 4.69) is 10.2 Å². The predicted octanol–water partition coefficient (Wildman–Crippen LogP) is 2.26. The van der Waals surface area contributed by atoms with Gasteiger partial charge in [0.25, 0.3) is 16.8 Å². The van der Waals surface area contributed by atoms with Gasteiger partial charge in [0.15, 0.2) is 11.0 Å². The number of nitrogens with zero attached hydrogens (tertiary/aromatic N) is 3. The quantitative estimate of drug-likeness (QED) is 0.243. The normalized spacial score (nSPS) is 11.8. The van der Waals surface area contributed by atoms with Gasteiger partial charge >= 0.3 is 5.97 Å². The lowest BCUT2D eigenvalue weighted by Gasteiger charge is -2.09. The average Bonchev–Trinajstić information content (AvgIpc) is 3.01. The molecule has 1 aromatic carbocycles. The zero-order valence-corrected chi connectivity index (χ0v) is 13.6. The lowest BCUT2D eigenvalue weighted by molar-refractivity contribution is -0.384. The fraction of sp³-hybridized carbons (Fsp3) is 0.286. The molecule has 24 heavy (non-hydrogen) atoms. The molecule has 0 spiro atoms. The fourth-order valence-corrected chi connectivity index (χ4v) is 2.54. The van der Waals surface area contributed by atoms with E-state index in [0.717, 1.165) is 11.8 Å². The monoisotopic (exact) mass is 351 g/mol. The van der Waals surface area contributed by atoms with E-state index in [0.29, 0.717) is 0 Å². The molecule has 1 aromatic heterocycles. The number of rotatable bonds is 7. The summed E-state index contributed by atoms with van der Waals surface area (Å²) in [6, 6.07) is 5.88. The van der Waals surface area contributed by atoms with Crippen LogP contribution >= 0.6 is 11.8 Å². The van der Waals surface area contributed by atoms with Gasteiger partial charge in [0, 0.05) is 6.07 Å². The van der Waals surface area contributed by atoms with Crippen LogP contribution in [0.3, 0.4) is 0 Å². The van der Waals surface area contributed by atoms with E-state index in [9.17, 15) is 19.7 Å². The van der Waals surface area contributed by atoms with Crippen molar-refractivity contribution >= 4 is 29.2 Å². The number of hydrogen-bond acceptors (Lipinski definition) is 9. The summed E-state index contributed by atoms with van der Waals surface area (Å²) in [6.45, 7) is 3.00. The Labute approximate surface area is 140 Å². The molecule has 1 heterocycles. The van der Waals surface area contributed by atoms with Gasteiger partial charge in [0.05, 0.1) is 11.5 Å². The molecule has 0 saturated heterocycles. The number of ether oxygens (including phenoxy) is 1. The molecule has 0 bridgehead atoms. The maximum Gasteiger partial charge on any atom is 0.327 e. The molecule has 10 heteroatoms. The van der Waals surface area contributed by atoms with Gasteiger partial charge in [0.1, 0.15) is 5.56 Å². The van der Waals surface area contributed by atoms with Gasteiger partial charge in [-0.15, -0.1) is 10.2 Å². The maximum absolute atomic E-state index is 11.8. The number of para-hydroxylation sites is 1. The van der Waals surface area contributed by atoms with Crippen LogP contribution in [0.1, 0.15) is 13.8 Å². The number of hydrogen-bond donors (Lipinski definition) is 0. The predicted molar refractivity (Wildman–Crippen MR) is 83.3 cm³/mol. The van der Waals surface area contributed by atoms with Crippen molar-refractivity contribution in [2.24, 2.45) is 0 Å². The van der Waals surface area contributed by atoms with Crippen LogP contribution in [-0.4, -0.2) is 38.7 Å². The number of esters is 1. The zero-order chi connectivity index (χ0) is 17.7. The van der Waals surface area contributed by atoms with E-state index >= 15 is 0 Å². The molecule has 0 aliphatic heterocycles. The van der Waals surface area contributed by atoms with Gasteiger partial charge in [-0.1, -0.05) is 12.1 Å². The van der Waals surface area contributed by atoms with Crippen molar-refractivity contribution in [3.63, 3.8) is 0 Å². The van der Waals surface area contributed by atoms with Gasteiger partial charge < -0.3 is 9.15 Å². The summed E-state index contributed by atoms with van der Waals surface area (Å²) >= 11 is 0.740. The highest BCUT2D eigenvalue weighted by molar-refractivity contribution is 8.01. The minimum atomic E-state index is -1.14. The average molecular weight is 351 g/mol. The van der Waals surface area contributed by atoms with Crippen molar-refractivity contribution in [1.82, 2.24) is 10.2 Å². The molecule has 1 unspecified atom stereocenters. The minimum absolute atomic E-state index is 0.0589. The molecular formula is C14H13N3O6S. The molecule has 0 N–H and O–H groups in total. The third kappa shape index (κ3) is 3.96. The van der Waals surface area contributed by atoms with Crippen LogP contribution in [0.5, 0.6) is 0 Å². The number of carbonyl (C=O) groups is 2. The van der Waals surface area contributed by atoms with Crippen LogP contribution in [0.15, 0.2) is 33.9 Å². The Morgan fingerprint density at radius 3 is 2.71 bits per heavy atom. The first-order chi connectivity index (χ1) is 11.4. The molecule has 9 nitrogen and oxygen atoms in total. The molecule has 0 fully saturated rings. The number of ketones is 1. The molecule has 0 amide bonds. The summed E-state index contributed by atoms with van der Waals surface area (Å²) < 4.78 is 10.2. The first-order valence-corrected chi connectivity index (χ1v) is 7.73. The summed E-state index contributed by atoms with van der Waals surface area (Å²) in [6.07, 6.45) is 0. The molecule has 0 aliphatic carbocycles. The first kappa shape index (κ1) is 17.6. The second-order valence-corrected chi connectivity index (χ2v) is 5.56. The molecule has 126 valence electrons. The Bertz CT molecular complexity index is 775. The first-order valence-electron chi connectivity index (χ1n) is 6.85. The van der Waals surface area contributed by atoms with E-state index in [1.165, 1.54) is 25.1 Å².